The van der Waals surface area contributed by atoms with Gasteiger partial charge in [-0.05, 0) is 11.4 Å². The molecule has 1 aliphatic heterocycles. The molecule has 1 aliphatic rings. The van der Waals surface area contributed by atoms with E-state index in [9.17, 15) is 0 Å². The third-order valence-corrected chi connectivity index (χ3v) is 3.04. The molecular formula is C9H9N3OS. The Balaban J connectivity index is 1.90. The highest BCUT2D eigenvalue weighted by molar-refractivity contribution is 7.08. The van der Waals surface area contributed by atoms with Crippen molar-refractivity contribution in [1.82, 2.24) is 15.5 Å². The van der Waals surface area contributed by atoms with E-state index in [1.807, 2.05) is 16.8 Å². The minimum Gasteiger partial charge on any atom is -0.339 e. The average molecular weight is 207 g/mol. The Morgan fingerprint density at radius 1 is 1.50 bits per heavy atom. The first-order valence-electron chi connectivity index (χ1n) is 4.50. The van der Waals surface area contributed by atoms with Crippen LogP contribution < -0.4 is 5.32 Å². The van der Waals surface area contributed by atoms with Gasteiger partial charge in [0.25, 0.3) is 0 Å². The Hall–Kier alpha value is -1.20. The zero-order valence-corrected chi connectivity index (χ0v) is 8.25. The van der Waals surface area contributed by atoms with Gasteiger partial charge in [0.05, 0.1) is 5.92 Å². The summed E-state index contributed by atoms with van der Waals surface area (Å²) in [6.07, 6.45) is 0. The van der Waals surface area contributed by atoms with Gasteiger partial charge in [-0.2, -0.15) is 16.3 Å². The zero-order chi connectivity index (χ0) is 9.38. The molecule has 0 aliphatic carbocycles. The number of nitrogens with zero attached hydrogens (tertiary/aromatic N) is 2. The van der Waals surface area contributed by atoms with Crippen molar-refractivity contribution in [3.63, 3.8) is 0 Å². The first-order chi connectivity index (χ1) is 6.93. The molecule has 0 aromatic carbocycles. The number of rotatable bonds is 2. The molecule has 72 valence electrons. The van der Waals surface area contributed by atoms with Gasteiger partial charge in [-0.15, -0.1) is 0 Å². The smallest absolute Gasteiger partial charge is 0.232 e. The predicted octanol–water partition coefficient (Wildman–Crippen LogP) is 1.48. The summed E-state index contributed by atoms with van der Waals surface area (Å²) in [5.74, 6) is 1.87. The van der Waals surface area contributed by atoms with Crippen molar-refractivity contribution in [3.05, 3.63) is 22.7 Å². The second-order valence-corrected chi connectivity index (χ2v) is 4.10. The lowest BCUT2D eigenvalue weighted by Crippen LogP contribution is -2.40. The van der Waals surface area contributed by atoms with Crippen LogP contribution in [0.2, 0.25) is 0 Å². The highest BCUT2D eigenvalue weighted by Crippen LogP contribution is 2.23. The van der Waals surface area contributed by atoms with E-state index in [1.165, 1.54) is 0 Å². The lowest BCUT2D eigenvalue weighted by molar-refractivity contribution is 0.308. The summed E-state index contributed by atoms with van der Waals surface area (Å²) in [5, 5.41) is 11.2. The molecule has 2 aromatic heterocycles. The molecule has 14 heavy (non-hydrogen) atoms. The molecule has 0 amide bonds. The van der Waals surface area contributed by atoms with Crippen LogP contribution in [0.3, 0.4) is 0 Å². The molecular weight excluding hydrogens is 198 g/mol. The Morgan fingerprint density at radius 2 is 2.43 bits per heavy atom. The predicted molar refractivity (Wildman–Crippen MR) is 53.2 cm³/mol. The lowest BCUT2D eigenvalue weighted by atomic mass is 10.0. The Morgan fingerprint density at radius 3 is 3.07 bits per heavy atom. The van der Waals surface area contributed by atoms with Gasteiger partial charge in [0.2, 0.25) is 11.7 Å². The largest absolute Gasteiger partial charge is 0.339 e. The Labute approximate surface area is 85.0 Å². The number of thiophene rings is 1. The van der Waals surface area contributed by atoms with E-state index in [1.54, 1.807) is 11.3 Å². The van der Waals surface area contributed by atoms with Crippen molar-refractivity contribution < 1.29 is 4.52 Å². The SMILES string of the molecule is c1cc(-c2noc(C3CNC3)n2)cs1. The zero-order valence-electron chi connectivity index (χ0n) is 7.43. The Kier molecular flexibility index (Phi) is 1.85. The number of aromatic nitrogens is 2. The Bertz CT molecular complexity index is 419. The van der Waals surface area contributed by atoms with E-state index < -0.39 is 0 Å². The van der Waals surface area contributed by atoms with Gasteiger partial charge >= 0.3 is 0 Å². The quantitative estimate of drug-likeness (QED) is 0.810. The molecule has 0 unspecified atom stereocenters. The van der Waals surface area contributed by atoms with Crippen molar-refractivity contribution in [2.75, 3.05) is 13.1 Å². The highest BCUT2D eigenvalue weighted by atomic mass is 32.1. The molecule has 3 heterocycles. The lowest BCUT2D eigenvalue weighted by Gasteiger charge is -2.22. The minimum absolute atomic E-state index is 0.412. The van der Waals surface area contributed by atoms with Crippen molar-refractivity contribution >= 4 is 11.3 Å². The molecule has 5 heteroatoms. The summed E-state index contributed by atoms with van der Waals surface area (Å²) in [6, 6.07) is 2.00. The molecule has 0 atom stereocenters. The first-order valence-corrected chi connectivity index (χ1v) is 5.44. The van der Waals surface area contributed by atoms with Gasteiger partial charge < -0.3 is 9.84 Å². The topological polar surface area (TPSA) is 51.0 Å². The average Bonchev–Trinajstić information content (AvgIpc) is 2.65. The summed E-state index contributed by atoms with van der Waals surface area (Å²) >= 11 is 1.64. The van der Waals surface area contributed by atoms with Gasteiger partial charge in [-0.1, -0.05) is 5.16 Å². The van der Waals surface area contributed by atoms with Crippen molar-refractivity contribution in [3.8, 4) is 11.4 Å². The second kappa shape index (κ2) is 3.18. The molecule has 1 fully saturated rings. The fourth-order valence-electron chi connectivity index (χ4n) is 1.37. The van der Waals surface area contributed by atoms with Gasteiger partial charge in [0.1, 0.15) is 0 Å². The maximum atomic E-state index is 5.20. The third kappa shape index (κ3) is 1.25. The van der Waals surface area contributed by atoms with Crippen molar-refractivity contribution in [1.29, 1.82) is 0 Å². The molecule has 0 bridgehead atoms. The summed E-state index contributed by atoms with van der Waals surface area (Å²) < 4.78 is 5.20. The van der Waals surface area contributed by atoms with Gasteiger partial charge in [-0.25, -0.2) is 0 Å². The van der Waals surface area contributed by atoms with Crippen LogP contribution in [0.25, 0.3) is 11.4 Å². The molecule has 4 nitrogen and oxygen atoms in total. The first kappa shape index (κ1) is 8.14. The molecule has 3 rings (SSSR count). The van der Waals surface area contributed by atoms with Gasteiger partial charge in [0.15, 0.2) is 0 Å². The fourth-order valence-corrected chi connectivity index (χ4v) is 2.01. The maximum Gasteiger partial charge on any atom is 0.232 e. The second-order valence-electron chi connectivity index (χ2n) is 3.32. The molecule has 2 aromatic rings. The van der Waals surface area contributed by atoms with Crippen LogP contribution in [0, 0.1) is 0 Å². The van der Waals surface area contributed by atoms with Crippen LogP contribution >= 0.6 is 11.3 Å². The molecule has 0 radical (unpaired) electrons. The molecule has 1 saturated heterocycles. The highest BCUT2D eigenvalue weighted by Gasteiger charge is 2.25. The summed E-state index contributed by atoms with van der Waals surface area (Å²) in [5.41, 5.74) is 1.04. The summed E-state index contributed by atoms with van der Waals surface area (Å²) in [4.78, 5) is 4.36. The molecule has 0 saturated carbocycles. The van der Waals surface area contributed by atoms with E-state index in [2.05, 4.69) is 15.5 Å². The van der Waals surface area contributed by atoms with E-state index in [-0.39, 0.29) is 0 Å². The third-order valence-electron chi connectivity index (χ3n) is 2.35. The van der Waals surface area contributed by atoms with Gasteiger partial charge in [0, 0.05) is 24.0 Å². The number of hydrogen-bond acceptors (Lipinski definition) is 5. The number of hydrogen-bond donors (Lipinski definition) is 1. The van der Waals surface area contributed by atoms with E-state index in [0.29, 0.717) is 11.7 Å². The monoisotopic (exact) mass is 207 g/mol. The maximum absolute atomic E-state index is 5.20. The molecule has 1 N–H and O–H groups in total. The standard InChI is InChI=1S/C9H9N3OS/c1-2-14-5-6(1)8-11-9(13-12-8)7-3-10-4-7/h1-2,5,7,10H,3-4H2. The van der Waals surface area contributed by atoms with Crippen LogP contribution in [-0.4, -0.2) is 23.2 Å². The van der Waals surface area contributed by atoms with E-state index >= 15 is 0 Å². The van der Waals surface area contributed by atoms with Crippen LogP contribution in [-0.2, 0) is 0 Å². The van der Waals surface area contributed by atoms with Crippen molar-refractivity contribution in [2.45, 2.75) is 5.92 Å². The summed E-state index contributed by atoms with van der Waals surface area (Å²) in [7, 11) is 0. The van der Waals surface area contributed by atoms with E-state index in [0.717, 1.165) is 24.5 Å². The normalized spacial score (nSPS) is 16.9. The summed E-state index contributed by atoms with van der Waals surface area (Å²) in [6.45, 7) is 1.90. The van der Waals surface area contributed by atoms with Crippen LogP contribution in [0.4, 0.5) is 0 Å². The van der Waals surface area contributed by atoms with Crippen molar-refractivity contribution in [2.24, 2.45) is 0 Å². The fraction of sp³-hybridized carbons (Fsp3) is 0.333. The molecule has 0 spiro atoms. The van der Waals surface area contributed by atoms with Crippen LogP contribution in [0.5, 0.6) is 0 Å². The van der Waals surface area contributed by atoms with Gasteiger partial charge in [-0.3, -0.25) is 0 Å². The van der Waals surface area contributed by atoms with Crippen LogP contribution in [0.1, 0.15) is 11.8 Å². The minimum atomic E-state index is 0.412. The van der Waals surface area contributed by atoms with E-state index in [4.69, 9.17) is 4.52 Å². The number of nitrogens with one attached hydrogen (secondary N) is 1. The van der Waals surface area contributed by atoms with Crippen LogP contribution in [0.15, 0.2) is 21.3 Å².